The molecule has 0 saturated heterocycles. The molecule has 2 nitrogen and oxygen atoms in total. The molecule has 2 rings (SSSR count). The van der Waals surface area contributed by atoms with Gasteiger partial charge in [0.25, 0.3) is 0 Å². The normalized spacial score (nSPS) is 9.47. The molecule has 0 N–H and O–H groups in total. The van der Waals surface area contributed by atoms with Gasteiger partial charge in [-0.3, -0.25) is 0 Å². The average molecular weight is 249 g/mol. The highest BCUT2D eigenvalue weighted by molar-refractivity contribution is 6.22. The fourth-order valence-electron chi connectivity index (χ4n) is 1.52. The van der Waals surface area contributed by atoms with Crippen LogP contribution in [0.25, 0.3) is 11.5 Å². The molecule has 0 aromatic heterocycles. The minimum Gasteiger partial charge on any atom is -0.526 e. The van der Waals surface area contributed by atoms with E-state index >= 15 is 0 Å². The first kappa shape index (κ1) is 13.0. The Kier molecular flexibility index (Phi) is 4.46. The van der Waals surface area contributed by atoms with E-state index in [2.05, 4.69) is 13.2 Å². The molecule has 0 amide bonds. The second-order valence-electron chi connectivity index (χ2n) is 3.91. The molecule has 0 aliphatic heterocycles. The summed E-state index contributed by atoms with van der Waals surface area (Å²) in [4.78, 5) is 0. The van der Waals surface area contributed by atoms with Crippen molar-refractivity contribution in [3.63, 3.8) is 0 Å². The molecule has 1 radical (unpaired) electrons. The van der Waals surface area contributed by atoms with Crippen LogP contribution in [-0.4, -0.2) is 7.69 Å². The van der Waals surface area contributed by atoms with E-state index in [9.17, 15) is 0 Å². The van der Waals surface area contributed by atoms with Crippen LogP contribution in [0, 0.1) is 0 Å². The molecule has 2 aromatic rings. The van der Waals surface area contributed by atoms with Crippen molar-refractivity contribution in [2.75, 3.05) is 0 Å². The van der Waals surface area contributed by atoms with Gasteiger partial charge in [-0.05, 0) is 0 Å². The molecule has 2 aromatic carbocycles. The van der Waals surface area contributed by atoms with Crippen molar-refractivity contribution in [1.29, 1.82) is 0 Å². The zero-order valence-corrected chi connectivity index (χ0v) is 10.6. The summed E-state index contributed by atoms with van der Waals surface area (Å²) in [6, 6.07) is 19.2. The summed E-state index contributed by atoms with van der Waals surface area (Å²) in [5.41, 5.74) is 1.82. The summed E-state index contributed by atoms with van der Waals surface area (Å²) in [6.07, 6.45) is 0. The van der Waals surface area contributed by atoms with Gasteiger partial charge in [-0.2, -0.15) is 0 Å². The quantitative estimate of drug-likeness (QED) is 0.571. The SMILES string of the molecule is C=C(O[B]OC(=C)c1ccccc1)c1ccccc1. The van der Waals surface area contributed by atoms with Gasteiger partial charge in [-0.15, -0.1) is 0 Å². The van der Waals surface area contributed by atoms with E-state index in [0.717, 1.165) is 11.1 Å². The van der Waals surface area contributed by atoms with Gasteiger partial charge in [0.1, 0.15) is 11.5 Å². The lowest BCUT2D eigenvalue weighted by Crippen LogP contribution is -2.02. The highest BCUT2D eigenvalue weighted by Gasteiger charge is 2.06. The second kappa shape index (κ2) is 6.50. The lowest BCUT2D eigenvalue weighted by atomic mass is 10.2. The molecule has 0 aliphatic rings. The van der Waals surface area contributed by atoms with Crippen LogP contribution in [-0.2, 0) is 9.31 Å². The molecule has 19 heavy (non-hydrogen) atoms. The van der Waals surface area contributed by atoms with E-state index in [0.29, 0.717) is 11.5 Å². The topological polar surface area (TPSA) is 18.5 Å². The Bertz CT molecular complexity index is 498. The molecule has 93 valence electrons. The number of hydrogen-bond donors (Lipinski definition) is 0. The van der Waals surface area contributed by atoms with E-state index in [1.54, 1.807) is 0 Å². The van der Waals surface area contributed by atoms with Gasteiger partial charge in [0, 0.05) is 11.1 Å². The first-order chi connectivity index (χ1) is 9.27. The summed E-state index contributed by atoms with van der Waals surface area (Å²) in [5.74, 6) is 1.06. The number of hydrogen-bond acceptors (Lipinski definition) is 2. The van der Waals surface area contributed by atoms with Gasteiger partial charge in [-0.1, -0.05) is 73.8 Å². The summed E-state index contributed by atoms with van der Waals surface area (Å²) in [5, 5.41) is 0. The van der Waals surface area contributed by atoms with Crippen LogP contribution in [0.1, 0.15) is 11.1 Å². The Hall–Kier alpha value is -2.42. The van der Waals surface area contributed by atoms with E-state index < -0.39 is 0 Å². The van der Waals surface area contributed by atoms with Crippen LogP contribution >= 0.6 is 0 Å². The molecule has 0 aliphatic carbocycles. The van der Waals surface area contributed by atoms with Crippen LogP contribution in [0.5, 0.6) is 0 Å². The van der Waals surface area contributed by atoms with E-state index in [4.69, 9.17) is 9.31 Å². The van der Waals surface area contributed by atoms with E-state index in [1.807, 2.05) is 60.7 Å². The van der Waals surface area contributed by atoms with Crippen LogP contribution in [0.2, 0.25) is 0 Å². The molecular formula is C16H14BO2. The Morgan fingerprint density at radius 2 is 1.05 bits per heavy atom. The van der Waals surface area contributed by atoms with Crippen LogP contribution < -0.4 is 0 Å². The third kappa shape index (κ3) is 3.78. The zero-order valence-electron chi connectivity index (χ0n) is 10.6. The van der Waals surface area contributed by atoms with Gasteiger partial charge >= 0.3 is 7.69 Å². The molecule has 0 heterocycles. The first-order valence-electron chi connectivity index (χ1n) is 5.91. The molecule has 0 bridgehead atoms. The predicted molar refractivity (Wildman–Crippen MR) is 78.9 cm³/mol. The molecule has 0 saturated carbocycles. The monoisotopic (exact) mass is 249 g/mol. The summed E-state index contributed by atoms with van der Waals surface area (Å²) in [7, 11) is 1.24. The molecule has 0 atom stereocenters. The highest BCUT2D eigenvalue weighted by Crippen LogP contribution is 2.15. The Balaban J connectivity index is 1.81. The van der Waals surface area contributed by atoms with Crippen LogP contribution in [0.3, 0.4) is 0 Å². The highest BCUT2D eigenvalue weighted by atomic mass is 16.6. The van der Waals surface area contributed by atoms with Crippen molar-refractivity contribution in [2.45, 2.75) is 0 Å². The van der Waals surface area contributed by atoms with Crippen LogP contribution in [0.4, 0.5) is 0 Å². The van der Waals surface area contributed by atoms with Gasteiger partial charge < -0.3 is 9.31 Å². The maximum atomic E-state index is 5.32. The van der Waals surface area contributed by atoms with Crippen molar-refractivity contribution in [3.8, 4) is 0 Å². The Morgan fingerprint density at radius 3 is 1.42 bits per heavy atom. The average Bonchev–Trinajstić information content (AvgIpc) is 2.49. The summed E-state index contributed by atoms with van der Waals surface area (Å²) < 4.78 is 10.6. The van der Waals surface area contributed by atoms with Crippen molar-refractivity contribution in [3.05, 3.63) is 84.9 Å². The lowest BCUT2D eigenvalue weighted by Gasteiger charge is -2.10. The minimum absolute atomic E-state index is 0.529. The maximum absolute atomic E-state index is 5.32. The van der Waals surface area contributed by atoms with Crippen molar-refractivity contribution >= 4 is 19.2 Å². The third-order valence-corrected chi connectivity index (χ3v) is 2.57. The maximum Gasteiger partial charge on any atom is 0.658 e. The predicted octanol–water partition coefficient (Wildman–Crippen LogP) is 3.90. The van der Waals surface area contributed by atoms with Gasteiger partial charge in [0.05, 0.1) is 0 Å². The van der Waals surface area contributed by atoms with E-state index in [1.165, 1.54) is 7.69 Å². The fourth-order valence-corrected chi connectivity index (χ4v) is 1.52. The molecule has 0 spiro atoms. The standard InChI is InChI=1S/C16H14BO2/c1-13(15-9-5-3-6-10-15)18-17-19-14(2)16-11-7-4-8-12-16/h3-12H,1-2H2. The molecule has 3 heteroatoms. The molecule has 0 unspecified atom stereocenters. The zero-order chi connectivity index (χ0) is 13.5. The van der Waals surface area contributed by atoms with Gasteiger partial charge in [0.2, 0.25) is 0 Å². The largest absolute Gasteiger partial charge is 0.658 e. The smallest absolute Gasteiger partial charge is 0.526 e. The van der Waals surface area contributed by atoms with E-state index in [-0.39, 0.29) is 0 Å². The van der Waals surface area contributed by atoms with Gasteiger partial charge in [-0.25, -0.2) is 0 Å². The summed E-state index contributed by atoms with van der Waals surface area (Å²) in [6.45, 7) is 7.66. The van der Waals surface area contributed by atoms with Crippen molar-refractivity contribution in [1.82, 2.24) is 0 Å². The van der Waals surface area contributed by atoms with Gasteiger partial charge in [0.15, 0.2) is 0 Å². The second-order valence-corrected chi connectivity index (χ2v) is 3.91. The van der Waals surface area contributed by atoms with Crippen molar-refractivity contribution in [2.24, 2.45) is 0 Å². The number of benzene rings is 2. The summed E-state index contributed by atoms with van der Waals surface area (Å²) >= 11 is 0. The number of rotatable bonds is 6. The Labute approximate surface area is 114 Å². The minimum atomic E-state index is 0.529. The van der Waals surface area contributed by atoms with Crippen molar-refractivity contribution < 1.29 is 9.31 Å². The lowest BCUT2D eigenvalue weighted by molar-refractivity contribution is 0.413. The molecular weight excluding hydrogens is 235 g/mol. The van der Waals surface area contributed by atoms with Crippen LogP contribution in [0.15, 0.2) is 73.8 Å². The molecule has 0 fully saturated rings. The fraction of sp³-hybridized carbons (Fsp3) is 0. The Morgan fingerprint density at radius 1 is 0.684 bits per heavy atom. The third-order valence-electron chi connectivity index (χ3n) is 2.57. The first-order valence-corrected chi connectivity index (χ1v) is 5.91.